The van der Waals surface area contributed by atoms with Crippen molar-refractivity contribution < 1.29 is 103 Å². The summed E-state index contributed by atoms with van der Waals surface area (Å²) in [6, 6.07) is -3.63. The van der Waals surface area contributed by atoms with Gasteiger partial charge in [0.25, 0.3) is 0 Å². The van der Waals surface area contributed by atoms with E-state index in [0.29, 0.717) is 0 Å². The van der Waals surface area contributed by atoms with Gasteiger partial charge in [-0.1, -0.05) is 0 Å². The third-order valence-electron chi connectivity index (χ3n) is 13.9. The van der Waals surface area contributed by atoms with Crippen LogP contribution in [0, 0.1) is 0 Å². The first-order valence-electron chi connectivity index (χ1n) is 26.5. The molecular formula is C50H92N8O21. The van der Waals surface area contributed by atoms with Gasteiger partial charge in [-0.2, -0.15) is 0 Å². The molecule has 3 heterocycles. The Morgan fingerprint density at radius 3 is 1.11 bits per heavy atom. The lowest BCUT2D eigenvalue weighted by molar-refractivity contribution is -0.297. The number of nitrogens with one attached hydrogen (secondary N) is 8. The van der Waals surface area contributed by atoms with Crippen LogP contribution in [0.25, 0.3) is 0 Å². The molecule has 17 N–H and O–H groups in total. The number of rotatable bonds is 30. The van der Waals surface area contributed by atoms with E-state index < -0.39 is 182 Å². The van der Waals surface area contributed by atoms with Crippen LogP contribution in [-0.4, -0.2) is 235 Å². The highest BCUT2D eigenvalue weighted by Crippen LogP contribution is 2.34. The van der Waals surface area contributed by atoms with Crippen LogP contribution in [-0.2, 0) is 57.2 Å². The van der Waals surface area contributed by atoms with Gasteiger partial charge in [0, 0.05) is 56.7 Å². The van der Waals surface area contributed by atoms with Crippen molar-refractivity contribution in [1.29, 1.82) is 0 Å². The molecule has 3 fully saturated rings. The van der Waals surface area contributed by atoms with Gasteiger partial charge in [0.1, 0.15) is 79.8 Å². The van der Waals surface area contributed by atoms with E-state index in [1.165, 1.54) is 20.8 Å². The number of hydrogen-bond acceptors (Lipinski definition) is 23. The Hall–Kier alpha value is -3.86. The Morgan fingerprint density at radius 1 is 0.481 bits per heavy atom. The summed E-state index contributed by atoms with van der Waals surface area (Å²) in [5, 5.41) is 110. The van der Waals surface area contributed by atoms with Gasteiger partial charge in [-0.15, -0.1) is 0 Å². The molecule has 0 aromatic carbocycles. The largest absolute Gasteiger partial charge is 0.394 e. The molecule has 15 unspecified atom stereocenters. The minimum atomic E-state index is -1.56. The minimum absolute atomic E-state index is 0.0873. The zero-order valence-corrected chi connectivity index (χ0v) is 47.6. The molecule has 0 saturated carbocycles. The number of aliphatic hydroxyl groups is 9. The highest BCUT2D eigenvalue weighted by Gasteiger charge is 2.50. The van der Waals surface area contributed by atoms with Crippen molar-refractivity contribution in [2.45, 2.75) is 247 Å². The number of hydrogen-bond donors (Lipinski definition) is 17. The number of hydrazine groups is 1. The quantitative estimate of drug-likeness (QED) is 0.0182. The molecule has 3 rings (SSSR count). The van der Waals surface area contributed by atoms with Gasteiger partial charge >= 0.3 is 0 Å². The lowest BCUT2D eigenvalue weighted by atomic mass is 9.82. The molecular weight excluding hydrogens is 1050 g/mol. The lowest BCUT2D eigenvalue weighted by Gasteiger charge is -2.46. The number of carbonyl (C=O) groups is 6. The minimum Gasteiger partial charge on any atom is -0.394 e. The zero-order chi connectivity index (χ0) is 60.0. The molecule has 0 aliphatic carbocycles. The number of carbonyl (C=O) groups excluding carboxylic acids is 6. The van der Waals surface area contributed by atoms with Crippen molar-refractivity contribution in [2.75, 3.05) is 33.6 Å². The number of amides is 6. The summed E-state index contributed by atoms with van der Waals surface area (Å²) >= 11 is 0. The first kappa shape index (κ1) is 69.4. The van der Waals surface area contributed by atoms with Gasteiger partial charge < -0.3 is 106 Å². The van der Waals surface area contributed by atoms with Gasteiger partial charge in [-0.05, 0) is 94.5 Å². The Morgan fingerprint density at radius 2 is 0.797 bits per heavy atom. The van der Waals surface area contributed by atoms with Crippen LogP contribution < -0.4 is 42.8 Å². The van der Waals surface area contributed by atoms with Crippen molar-refractivity contribution in [3.63, 3.8) is 0 Å². The first-order valence-corrected chi connectivity index (χ1v) is 26.5. The van der Waals surface area contributed by atoms with Gasteiger partial charge in [-0.25, -0.2) is 5.43 Å². The third-order valence-corrected chi connectivity index (χ3v) is 13.9. The summed E-state index contributed by atoms with van der Waals surface area (Å²) in [5.41, 5.74) is -0.111. The van der Waals surface area contributed by atoms with E-state index >= 15 is 0 Å². The molecule has 6 amide bonds. The topological polar surface area (TPSA) is 436 Å². The van der Waals surface area contributed by atoms with Crippen molar-refractivity contribution in [3.8, 4) is 0 Å². The second-order valence-electron chi connectivity index (χ2n) is 23.3. The van der Waals surface area contributed by atoms with E-state index in [1.807, 2.05) is 0 Å². The van der Waals surface area contributed by atoms with Crippen LogP contribution in [0.5, 0.6) is 0 Å². The highest BCUT2D eigenvalue weighted by atomic mass is 16.7. The van der Waals surface area contributed by atoms with Crippen LogP contribution in [0.4, 0.5) is 0 Å². The fourth-order valence-electron chi connectivity index (χ4n) is 10.7. The Bertz CT molecular complexity index is 1910. The molecule has 15 atom stereocenters. The van der Waals surface area contributed by atoms with E-state index in [4.69, 9.17) is 28.4 Å². The number of ether oxygens (including phenoxy) is 6. The Balaban J connectivity index is 1.76. The molecule has 0 spiro atoms. The highest BCUT2D eigenvalue weighted by molar-refractivity contribution is 5.78. The SMILES string of the molecule is CNC(CCC(=O)NNCOC1OC(CO)C(O)C(O)C1NC(C)=O)(CCC(=O)NC(C)(C)CC(C)(C)OC1OC(CO)C(O)C(O)C1NC(C)=O)CCC(=O)NC(C)(C)CC(C)(C)OC1OC(CO)C(O)C(O)C1NC(C)=O. The fraction of sp³-hybridized carbons (Fsp3) is 0.880. The van der Waals surface area contributed by atoms with E-state index in [-0.39, 0.29) is 51.4 Å². The summed E-state index contributed by atoms with van der Waals surface area (Å²) in [7, 11) is 1.63. The van der Waals surface area contributed by atoms with Crippen LogP contribution in [0.2, 0.25) is 0 Å². The lowest BCUT2D eigenvalue weighted by Crippen LogP contribution is -2.65. The first-order chi connectivity index (χ1) is 36.5. The van der Waals surface area contributed by atoms with Gasteiger partial charge in [0.05, 0.1) is 31.0 Å². The molecule has 0 bridgehead atoms. The second kappa shape index (κ2) is 29.9. The van der Waals surface area contributed by atoms with E-state index in [2.05, 4.69) is 42.8 Å². The zero-order valence-electron chi connectivity index (χ0n) is 47.6. The summed E-state index contributed by atoms with van der Waals surface area (Å²) in [5.74, 6) is -2.97. The van der Waals surface area contributed by atoms with Gasteiger partial charge in [-0.3, -0.25) is 34.2 Å². The van der Waals surface area contributed by atoms with Crippen LogP contribution >= 0.6 is 0 Å². The summed E-state index contributed by atoms with van der Waals surface area (Å²) in [4.78, 5) is 77.1. The second-order valence-corrected chi connectivity index (χ2v) is 23.3. The smallest absolute Gasteiger partial charge is 0.234 e. The molecule has 0 radical (unpaired) electrons. The maximum atomic E-state index is 13.9. The summed E-state index contributed by atoms with van der Waals surface area (Å²) in [6.45, 7) is 15.1. The molecule has 3 aliphatic heterocycles. The third kappa shape index (κ3) is 21.4. The van der Waals surface area contributed by atoms with Crippen molar-refractivity contribution >= 4 is 35.4 Å². The van der Waals surface area contributed by atoms with E-state index in [0.717, 1.165) is 0 Å². The predicted octanol–water partition coefficient (Wildman–Crippen LogP) is -5.13. The fourth-order valence-corrected chi connectivity index (χ4v) is 10.7. The van der Waals surface area contributed by atoms with Gasteiger partial charge in [0.15, 0.2) is 18.9 Å². The average molecular weight is 1140 g/mol. The van der Waals surface area contributed by atoms with Crippen molar-refractivity contribution in [1.82, 2.24) is 42.8 Å². The average Bonchev–Trinajstić information content (AvgIpc) is 3.36. The molecule has 0 aromatic heterocycles. The predicted molar refractivity (Wildman–Crippen MR) is 277 cm³/mol. The molecule has 3 saturated heterocycles. The van der Waals surface area contributed by atoms with Crippen LogP contribution in [0.15, 0.2) is 0 Å². The van der Waals surface area contributed by atoms with E-state index in [1.54, 1.807) is 62.4 Å². The van der Waals surface area contributed by atoms with Crippen molar-refractivity contribution in [3.05, 3.63) is 0 Å². The molecule has 458 valence electrons. The monoisotopic (exact) mass is 1140 g/mol. The maximum absolute atomic E-state index is 13.9. The summed E-state index contributed by atoms with van der Waals surface area (Å²) < 4.78 is 35.2. The Kier molecular flexibility index (Phi) is 26.3. The van der Waals surface area contributed by atoms with Gasteiger partial charge in [0.2, 0.25) is 35.4 Å². The summed E-state index contributed by atoms with van der Waals surface area (Å²) in [6.07, 6.45) is -16.6. The normalized spacial score (nSPS) is 30.6. The molecule has 3 aliphatic rings. The standard InChI is InChI=1S/C50H92N8O21/c1-25(62)53-34-40(71)37(68)28(19-59)75-43(34)74-24-52-58-33(67)15-18-50(51-12,16-13-31(65)56-46(4,5)22-48(8,9)78-44-35(54-26(2)63)41(72)38(69)29(20-60)76-44)17-14-32(66)57-47(6,7)23-49(10,11)79-45-36(55-27(3)64)42(73)39(70)30(21-61)77-45/h28-30,34-45,51-52,59-61,68-73H,13-24H2,1-12H3,(H,53,62)(H,54,63)(H,55,64)(H,56,65)(H,57,66)(H,58,67). The molecule has 29 nitrogen and oxygen atoms in total. The molecule has 29 heteroatoms. The van der Waals surface area contributed by atoms with Crippen molar-refractivity contribution in [2.24, 2.45) is 0 Å². The van der Waals surface area contributed by atoms with E-state index in [9.17, 15) is 74.7 Å². The Labute approximate surface area is 461 Å². The van der Waals surface area contributed by atoms with Crippen LogP contribution in [0.3, 0.4) is 0 Å². The molecule has 79 heavy (non-hydrogen) atoms. The molecule has 0 aromatic rings. The maximum Gasteiger partial charge on any atom is 0.234 e. The number of aliphatic hydroxyl groups excluding tert-OH is 9. The van der Waals surface area contributed by atoms with Crippen LogP contribution in [0.1, 0.15) is 128 Å².